The van der Waals surface area contributed by atoms with Crippen molar-refractivity contribution in [3.05, 3.63) is 64.6 Å². The Kier molecular flexibility index (Phi) is 4.94. The van der Waals surface area contributed by atoms with Crippen molar-refractivity contribution in [3.63, 3.8) is 0 Å². The summed E-state index contributed by atoms with van der Waals surface area (Å²) in [4.78, 5) is 27.1. The number of rotatable bonds is 6. The van der Waals surface area contributed by atoms with Crippen molar-refractivity contribution in [2.75, 3.05) is 12.8 Å². The fourth-order valence-electron chi connectivity index (χ4n) is 2.74. The van der Waals surface area contributed by atoms with Crippen LogP contribution in [-0.4, -0.2) is 36.7 Å². The molecule has 1 aromatic heterocycles. The van der Waals surface area contributed by atoms with Crippen LogP contribution < -0.4 is 11.0 Å². The molecule has 0 radical (unpaired) electrons. The van der Waals surface area contributed by atoms with E-state index in [9.17, 15) is 18.0 Å². The van der Waals surface area contributed by atoms with Crippen molar-refractivity contribution < 1.29 is 13.2 Å². The second kappa shape index (κ2) is 7.17. The predicted octanol–water partition coefficient (Wildman–Crippen LogP) is 1.55. The summed E-state index contributed by atoms with van der Waals surface area (Å²) < 4.78 is 24.8. The number of aromatic nitrogens is 2. The summed E-state index contributed by atoms with van der Waals surface area (Å²) >= 11 is 0. The van der Waals surface area contributed by atoms with Crippen molar-refractivity contribution in [1.82, 2.24) is 14.9 Å². The van der Waals surface area contributed by atoms with Gasteiger partial charge in [0, 0.05) is 24.9 Å². The Hall–Kier alpha value is -2.87. The molecule has 0 spiro atoms. The van der Waals surface area contributed by atoms with Crippen molar-refractivity contribution in [2.45, 2.75) is 17.9 Å². The average Bonchev–Trinajstić information content (AvgIpc) is 2.93. The molecule has 2 N–H and O–H groups in total. The zero-order chi connectivity index (χ0) is 18.7. The molecule has 1 heterocycles. The lowest BCUT2D eigenvalue weighted by atomic mass is 10.2. The topological polar surface area (TPSA) is 101 Å². The lowest BCUT2D eigenvalue weighted by Crippen LogP contribution is -2.26. The molecule has 8 heteroatoms. The van der Waals surface area contributed by atoms with E-state index in [1.54, 1.807) is 10.6 Å². The molecule has 26 heavy (non-hydrogen) atoms. The number of nitrogens with zero attached hydrogens (tertiary/aromatic N) is 1. The number of carbonyl (C=O) groups is 1. The number of carbonyl (C=O) groups excluding carboxylic acids is 1. The lowest BCUT2D eigenvalue weighted by molar-refractivity contribution is 0.0952. The van der Waals surface area contributed by atoms with E-state index < -0.39 is 9.84 Å². The van der Waals surface area contributed by atoms with Crippen LogP contribution in [0.4, 0.5) is 0 Å². The summed E-state index contributed by atoms with van der Waals surface area (Å²) in [6.45, 7) is 0.834. The highest BCUT2D eigenvalue weighted by molar-refractivity contribution is 7.90. The fraction of sp³-hybridized carbons (Fsp3) is 0.222. The number of aryl methyl sites for hydroxylation is 1. The number of para-hydroxylation sites is 2. The molecule has 0 saturated carbocycles. The minimum absolute atomic E-state index is 0.107. The number of imidazole rings is 1. The SMILES string of the molecule is CS(=O)(=O)c1cccc(C(=O)NCCCn2c(=O)[nH]c3ccccc32)c1. The zero-order valence-corrected chi connectivity index (χ0v) is 15.0. The first-order chi connectivity index (χ1) is 12.4. The molecule has 3 aromatic rings. The van der Waals surface area contributed by atoms with E-state index in [0.29, 0.717) is 19.5 Å². The Labute approximate surface area is 150 Å². The third-order valence-electron chi connectivity index (χ3n) is 4.05. The first-order valence-corrected chi connectivity index (χ1v) is 10.0. The van der Waals surface area contributed by atoms with Crippen LogP contribution in [0.25, 0.3) is 11.0 Å². The van der Waals surface area contributed by atoms with Gasteiger partial charge in [0.15, 0.2) is 9.84 Å². The van der Waals surface area contributed by atoms with Crippen molar-refractivity contribution >= 4 is 26.8 Å². The summed E-state index contributed by atoms with van der Waals surface area (Å²) in [6.07, 6.45) is 1.67. The molecule has 0 unspecified atom stereocenters. The van der Waals surface area contributed by atoms with Gasteiger partial charge in [0.1, 0.15) is 0 Å². The third-order valence-corrected chi connectivity index (χ3v) is 5.16. The van der Waals surface area contributed by atoms with Gasteiger partial charge in [-0.15, -0.1) is 0 Å². The van der Waals surface area contributed by atoms with E-state index in [2.05, 4.69) is 10.3 Å². The van der Waals surface area contributed by atoms with Gasteiger partial charge in [-0.2, -0.15) is 0 Å². The number of fused-ring (bicyclic) bond motifs is 1. The fourth-order valence-corrected chi connectivity index (χ4v) is 3.40. The van der Waals surface area contributed by atoms with E-state index in [-0.39, 0.29) is 22.1 Å². The molecule has 0 aliphatic rings. The number of benzene rings is 2. The van der Waals surface area contributed by atoms with Crippen molar-refractivity contribution in [3.8, 4) is 0 Å². The van der Waals surface area contributed by atoms with Gasteiger partial charge in [0.05, 0.1) is 15.9 Å². The number of aromatic amines is 1. The Bertz CT molecular complexity index is 1110. The highest BCUT2D eigenvalue weighted by Gasteiger charge is 2.11. The monoisotopic (exact) mass is 373 g/mol. The van der Waals surface area contributed by atoms with Crippen LogP contribution in [0.2, 0.25) is 0 Å². The van der Waals surface area contributed by atoms with Crippen LogP contribution in [0.15, 0.2) is 58.2 Å². The number of H-pyrrole nitrogens is 1. The predicted molar refractivity (Wildman–Crippen MR) is 99.1 cm³/mol. The molecule has 0 bridgehead atoms. The van der Waals surface area contributed by atoms with E-state index in [4.69, 9.17) is 0 Å². The normalized spacial score (nSPS) is 11.6. The number of nitrogens with one attached hydrogen (secondary N) is 2. The van der Waals surface area contributed by atoms with Crippen molar-refractivity contribution in [1.29, 1.82) is 0 Å². The van der Waals surface area contributed by atoms with Gasteiger partial charge in [0.25, 0.3) is 5.91 Å². The Morgan fingerprint density at radius 1 is 1.15 bits per heavy atom. The Morgan fingerprint density at radius 3 is 2.69 bits per heavy atom. The summed E-state index contributed by atoms with van der Waals surface area (Å²) in [7, 11) is -3.36. The Morgan fingerprint density at radius 2 is 1.92 bits per heavy atom. The molecular formula is C18H19N3O4S. The van der Waals surface area contributed by atoms with Gasteiger partial charge < -0.3 is 10.3 Å². The third kappa shape index (κ3) is 3.85. The number of hydrogen-bond acceptors (Lipinski definition) is 4. The summed E-state index contributed by atoms with van der Waals surface area (Å²) in [5.74, 6) is -0.346. The molecule has 1 amide bonds. The standard InChI is InChI=1S/C18H19N3O4S/c1-26(24,25)14-7-4-6-13(12-14)17(22)19-10-5-11-21-16-9-3-2-8-15(16)20-18(21)23/h2-4,6-9,12H,5,10-11H2,1H3,(H,19,22)(H,20,23). The first-order valence-electron chi connectivity index (χ1n) is 8.12. The minimum Gasteiger partial charge on any atom is -0.352 e. The molecule has 3 rings (SSSR count). The first kappa shape index (κ1) is 17.9. The highest BCUT2D eigenvalue weighted by atomic mass is 32.2. The average molecular weight is 373 g/mol. The minimum atomic E-state index is -3.36. The van der Waals surface area contributed by atoms with Crippen molar-refractivity contribution in [2.24, 2.45) is 0 Å². The summed E-state index contributed by atoms with van der Waals surface area (Å²) in [5, 5.41) is 2.75. The van der Waals surface area contributed by atoms with Gasteiger partial charge in [0.2, 0.25) is 0 Å². The lowest BCUT2D eigenvalue weighted by Gasteiger charge is -2.07. The smallest absolute Gasteiger partial charge is 0.326 e. The quantitative estimate of drug-likeness (QED) is 0.640. The number of hydrogen-bond donors (Lipinski definition) is 2. The summed E-state index contributed by atoms with van der Waals surface area (Å²) in [5.41, 5.74) is 1.71. The molecule has 2 aromatic carbocycles. The molecule has 0 aliphatic heterocycles. The number of sulfone groups is 1. The van der Waals surface area contributed by atoms with Gasteiger partial charge in [-0.3, -0.25) is 9.36 Å². The largest absolute Gasteiger partial charge is 0.352 e. The van der Waals surface area contributed by atoms with Gasteiger partial charge in [-0.25, -0.2) is 13.2 Å². The van der Waals surface area contributed by atoms with E-state index in [0.717, 1.165) is 17.3 Å². The maximum Gasteiger partial charge on any atom is 0.326 e. The van der Waals surface area contributed by atoms with Crippen LogP contribution in [0, 0.1) is 0 Å². The number of amides is 1. The molecule has 0 atom stereocenters. The van der Waals surface area contributed by atoms with Gasteiger partial charge in [-0.05, 0) is 36.8 Å². The van der Waals surface area contributed by atoms with Gasteiger partial charge in [-0.1, -0.05) is 18.2 Å². The second-order valence-corrected chi connectivity index (χ2v) is 8.02. The van der Waals surface area contributed by atoms with E-state index >= 15 is 0 Å². The molecule has 7 nitrogen and oxygen atoms in total. The molecule has 0 saturated heterocycles. The zero-order valence-electron chi connectivity index (χ0n) is 14.2. The van der Waals surface area contributed by atoms with E-state index in [1.165, 1.54) is 18.2 Å². The van der Waals surface area contributed by atoms with Crippen LogP contribution >= 0.6 is 0 Å². The molecule has 136 valence electrons. The molecule has 0 aliphatic carbocycles. The van der Waals surface area contributed by atoms with Crippen LogP contribution in [-0.2, 0) is 16.4 Å². The van der Waals surface area contributed by atoms with Crippen LogP contribution in [0.3, 0.4) is 0 Å². The van der Waals surface area contributed by atoms with Crippen LogP contribution in [0.5, 0.6) is 0 Å². The molecular weight excluding hydrogens is 354 g/mol. The Balaban J connectivity index is 1.61. The van der Waals surface area contributed by atoms with Gasteiger partial charge >= 0.3 is 5.69 Å². The molecule has 0 fully saturated rings. The van der Waals surface area contributed by atoms with E-state index in [1.807, 2.05) is 24.3 Å². The second-order valence-electron chi connectivity index (χ2n) is 6.01. The highest BCUT2D eigenvalue weighted by Crippen LogP contribution is 2.11. The maximum atomic E-state index is 12.2. The maximum absolute atomic E-state index is 12.2. The summed E-state index contributed by atoms with van der Waals surface area (Å²) in [6, 6.07) is 13.3. The van der Waals surface area contributed by atoms with Crippen LogP contribution in [0.1, 0.15) is 16.8 Å².